The van der Waals surface area contributed by atoms with Crippen LogP contribution in [0.25, 0.3) is 0 Å². The predicted molar refractivity (Wildman–Crippen MR) is 42.7 cm³/mol. The number of thiophene rings is 1. The molecule has 2 heteroatoms. The van der Waals surface area contributed by atoms with Gasteiger partial charge in [-0.15, -0.1) is 0 Å². The average Bonchev–Trinajstić information content (AvgIpc) is 2.19. The normalized spacial score (nSPS) is 10.5. The molecule has 0 aliphatic rings. The Morgan fingerprint density at radius 1 is 1.75 bits per heavy atom. The molecule has 0 bridgehead atoms. The average molecular weight is 231 g/mol. The van der Waals surface area contributed by atoms with Gasteiger partial charge in [0.2, 0.25) is 0 Å². The summed E-state index contributed by atoms with van der Waals surface area (Å²) in [6, 6.07) is 4.32. The van der Waals surface area contributed by atoms with E-state index >= 15 is 0 Å². The molecule has 0 nitrogen and oxygen atoms in total. The summed E-state index contributed by atoms with van der Waals surface area (Å²) >= 11 is 1.24. The fourth-order valence-corrected chi connectivity index (χ4v) is 5.18. The van der Waals surface area contributed by atoms with Gasteiger partial charge >= 0.3 is 63.6 Å². The maximum atomic E-state index is 3.74. The molecule has 0 radical (unpaired) electrons. The number of hydrogen-bond acceptors (Lipinski definition) is 1. The molecule has 1 heterocycles. The van der Waals surface area contributed by atoms with Gasteiger partial charge in [0.15, 0.2) is 0 Å². The van der Waals surface area contributed by atoms with E-state index in [1.54, 1.807) is 2.89 Å². The number of hydrogen-bond donors (Lipinski definition) is 0. The first kappa shape index (κ1) is 6.36. The van der Waals surface area contributed by atoms with Gasteiger partial charge in [-0.2, -0.15) is 0 Å². The van der Waals surface area contributed by atoms with Crippen LogP contribution in [0.15, 0.2) is 28.2 Å². The zero-order valence-electron chi connectivity index (χ0n) is 4.63. The van der Waals surface area contributed by atoms with Gasteiger partial charge in [-0.05, 0) is 0 Å². The molecule has 8 heavy (non-hydrogen) atoms. The Morgan fingerprint density at radius 3 is 3.12 bits per heavy atom. The molecule has 1 aromatic rings. The molecule has 0 amide bonds. The number of rotatable bonds is 2. The molecule has 0 atom stereocenters. The summed E-state index contributed by atoms with van der Waals surface area (Å²) in [5, 5.41) is 2.13. The van der Waals surface area contributed by atoms with Gasteiger partial charge < -0.3 is 0 Å². The van der Waals surface area contributed by atoms with Gasteiger partial charge in [-0.3, -0.25) is 0 Å². The van der Waals surface area contributed by atoms with Crippen molar-refractivity contribution >= 4 is 35.4 Å². The molecule has 0 unspecified atom stereocenters. The molecule has 1 aromatic heterocycles. The van der Waals surface area contributed by atoms with E-state index in [-0.39, 0.29) is 0 Å². The van der Waals surface area contributed by atoms with Crippen molar-refractivity contribution in [3.8, 4) is 0 Å². The van der Waals surface area contributed by atoms with E-state index in [4.69, 9.17) is 0 Å². The van der Waals surface area contributed by atoms with Crippen LogP contribution in [-0.4, -0.2) is 21.1 Å². The standard InChI is InChI=1S/C4H3S.C2H3.Sn.2H/c1-2-4-5-3-1;1-2;;;/h1-3H;1H,2H2;;;. The molecular formula is C6H8SSn. The molecule has 0 aliphatic heterocycles. The summed E-state index contributed by atoms with van der Waals surface area (Å²) in [6.07, 6.45) is 0. The topological polar surface area (TPSA) is 0 Å². The summed E-state index contributed by atoms with van der Waals surface area (Å²) in [4.78, 5) is 0. The van der Waals surface area contributed by atoms with E-state index in [1.807, 2.05) is 11.3 Å². The Balaban J connectivity index is 2.62. The minimum atomic E-state index is -0.633. The summed E-state index contributed by atoms with van der Waals surface area (Å²) in [7, 11) is 0. The van der Waals surface area contributed by atoms with Gasteiger partial charge in [0.1, 0.15) is 0 Å². The van der Waals surface area contributed by atoms with Crippen LogP contribution >= 0.6 is 11.3 Å². The van der Waals surface area contributed by atoms with Crippen LogP contribution in [0, 0.1) is 0 Å². The first-order chi connectivity index (χ1) is 3.93. The molecule has 0 fully saturated rings. The van der Waals surface area contributed by atoms with Crippen molar-refractivity contribution in [1.29, 1.82) is 0 Å². The molecule has 0 spiro atoms. The van der Waals surface area contributed by atoms with E-state index < -0.39 is 21.1 Å². The Morgan fingerprint density at radius 2 is 2.62 bits per heavy atom. The van der Waals surface area contributed by atoms with Gasteiger partial charge in [-0.1, -0.05) is 0 Å². The summed E-state index contributed by atoms with van der Waals surface area (Å²) in [6.45, 7) is 3.74. The zero-order valence-corrected chi connectivity index (χ0v) is 9.48. The minimum absolute atomic E-state index is 0.633. The van der Waals surface area contributed by atoms with Gasteiger partial charge in [-0.25, -0.2) is 0 Å². The Bertz CT molecular complexity index is 155. The third kappa shape index (κ3) is 1.63. The van der Waals surface area contributed by atoms with Gasteiger partial charge in [0.05, 0.1) is 0 Å². The van der Waals surface area contributed by atoms with E-state index in [1.165, 1.54) is 0 Å². The molecule has 1 rings (SSSR count). The van der Waals surface area contributed by atoms with E-state index in [2.05, 4.69) is 28.2 Å². The second-order valence-corrected chi connectivity index (χ2v) is 9.05. The second kappa shape index (κ2) is 3.30. The molecule has 0 saturated heterocycles. The van der Waals surface area contributed by atoms with Gasteiger partial charge in [0, 0.05) is 0 Å². The van der Waals surface area contributed by atoms with Crippen molar-refractivity contribution in [3.63, 3.8) is 0 Å². The van der Waals surface area contributed by atoms with Crippen molar-refractivity contribution in [3.05, 3.63) is 28.2 Å². The first-order valence-electron chi connectivity index (χ1n) is 2.57. The van der Waals surface area contributed by atoms with E-state index in [0.29, 0.717) is 0 Å². The molecule has 0 aromatic carbocycles. The monoisotopic (exact) mass is 232 g/mol. The first-order valence-corrected chi connectivity index (χ1v) is 7.79. The summed E-state index contributed by atoms with van der Waals surface area (Å²) < 4.78 is 3.73. The van der Waals surface area contributed by atoms with Crippen LogP contribution in [0.5, 0.6) is 0 Å². The Hall–Kier alpha value is 0.239. The maximum absolute atomic E-state index is 3.74. The third-order valence-corrected chi connectivity index (χ3v) is 6.85. The van der Waals surface area contributed by atoms with E-state index in [9.17, 15) is 0 Å². The summed E-state index contributed by atoms with van der Waals surface area (Å²) in [5.41, 5.74) is 0. The quantitative estimate of drug-likeness (QED) is 0.656. The Kier molecular flexibility index (Phi) is 2.62. The molecule has 0 N–H and O–H groups in total. The fourth-order valence-electron chi connectivity index (χ4n) is 0.571. The van der Waals surface area contributed by atoms with Gasteiger partial charge in [0.25, 0.3) is 0 Å². The van der Waals surface area contributed by atoms with Crippen molar-refractivity contribution in [1.82, 2.24) is 0 Å². The molecule has 0 aliphatic carbocycles. The van der Waals surface area contributed by atoms with Crippen LogP contribution < -0.4 is 2.89 Å². The summed E-state index contributed by atoms with van der Waals surface area (Å²) in [5.74, 6) is 0. The third-order valence-electron chi connectivity index (χ3n) is 0.926. The van der Waals surface area contributed by atoms with Crippen LogP contribution in [0.3, 0.4) is 0 Å². The Labute approximate surface area is 63.5 Å². The van der Waals surface area contributed by atoms with Crippen molar-refractivity contribution in [2.75, 3.05) is 0 Å². The van der Waals surface area contributed by atoms with Crippen LogP contribution in [0.2, 0.25) is 0 Å². The SMILES string of the molecule is C=[CH][SnH2][c]1cccs1. The second-order valence-electron chi connectivity index (χ2n) is 1.57. The van der Waals surface area contributed by atoms with Crippen LogP contribution in [0.1, 0.15) is 0 Å². The fraction of sp³-hybridized carbons (Fsp3) is 0. The van der Waals surface area contributed by atoms with E-state index in [0.717, 1.165) is 0 Å². The molecular weight excluding hydrogens is 223 g/mol. The molecule has 0 saturated carbocycles. The predicted octanol–water partition coefficient (Wildman–Crippen LogP) is 0.686. The van der Waals surface area contributed by atoms with Crippen LogP contribution in [0.4, 0.5) is 0 Å². The van der Waals surface area contributed by atoms with Crippen molar-refractivity contribution in [2.45, 2.75) is 0 Å². The zero-order chi connectivity index (χ0) is 5.82. The van der Waals surface area contributed by atoms with Crippen LogP contribution in [-0.2, 0) is 0 Å². The van der Waals surface area contributed by atoms with Crippen molar-refractivity contribution in [2.24, 2.45) is 0 Å². The molecule has 42 valence electrons. The van der Waals surface area contributed by atoms with Crippen molar-refractivity contribution < 1.29 is 0 Å².